The Bertz CT molecular complexity index is 2270. The van der Waals surface area contributed by atoms with E-state index >= 15 is 0 Å². The molecule has 5 aromatic rings. The SMILES string of the molecule is CC(C)(C)OC=O.CC(C)(C)OC=O.COc1ccc(CNc2ccc(C3CCC(c4ccc(NCc5ccc(C)cc5)c([N+](=O)[O-])c4)N3c3ccc(F)cc3)cc2[N+](=O)[O-])cc1. The van der Waals surface area contributed by atoms with Crippen molar-refractivity contribution < 1.29 is 38.0 Å². The lowest BCUT2D eigenvalue weighted by Gasteiger charge is -2.33. The fraction of sp³-hybridized carbons (Fsp3) is 0.333. The molecule has 0 aliphatic carbocycles. The standard InChI is InChI=1S/C38H36FN5O5.2C5H10O2/c1-25-3-5-26(6-4-25)23-40-33-17-9-28(21-37(33)43(45)46)35-19-20-36(42(35)31-13-11-30(39)12-14-31)29-10-18-34(38(22-29)44(47)48)41-24-27-7-15-32(49-2)16-8-27;2*1-5(2,3)7-4-6/h3-18,21-22,35-36,40-41H,19-20,23-24H2,1-2H3;2*4H,1-3H3. The molecule has 2 atom stereocenters. The summed E-state index contributed by atoms with van der Waals surface area (Å²) in [6.45, 7) is 14.7. The van der Waals surface area contributed by atoms with Crippen molar-refractivity contribution in [3.63, 3.8) is 0 Å². The molecule has 6 rings (SSSR count). The summed E-state index contributed by atoms with van der Waals surface area (Å²) in [5.74, 6) is 0.332. The highest BCUT2D eigenvalue weighted by molar-refractivity contribution is 5.66. The van der Waals surface area contributed by atoms with Gasteiger partial charge < -0.3 is 29.7 Å². The molecule has 0 spiro atoms. The number of carbonyl (C=O) groups is 2. The molecule has 63 heavy (non-hydrogen) atoms. The highest BCUT2D eigenvalue weighted by Gasteiger charge is 2.37. The third-order valence-electron chi connectivity index (χ3n) is 9.77. The third kappa shape index (κ3) is 14.8. The topological polar surface area (TPSA) is 175 Å². The number of methoxy groups -OCH3 is 1. The van der Waals surface area contributed by atoms with Gasteiger partial charge in [-0.05, 0) is 132 Å². The lowest BCUT2D eigenvalue weighted by Crippen LogP contribution is -2.26. The Hall–Kier alpha value is -7.03. The van der Waals surface area contributed by atoms with Gasteiger partial charge >= 0.3 is 0 Å². The van der Waals surface area contributed by atoms with E-state index in [9.17, 15) is 34.2 Å². The molecule has 0 radical (unpaired) electrons. The molecular weight excluding hydrogens is 810 g/mol. The summed E-state index contributed by atoms with van der Waals surface area (Å²) in [7, 11) is 1.59. The number of carbonyl (C=O) groups excluding carboxylic acids is 2. The maximum atomic E-state index is 14.0. The predicted octanol–water partition coefficient (Wildman–Crippen LogP) is 11.2. The molecule has 5 aromatic carbocycles. The van der Waals surface area contributed by atoms with Crippen LogP contribution in [0.25, 0.3) is 0 Å². The second-order valence-electron chi connectivity index (χ2n) is 16.8. The summed E-state index contributed by atoms with van der Waals surface area (Å²) in [5.41, 5.74) is 5.28. The number of nitro groups is 2. The number of hydrogen-bond acceptors (Lipinski definition) is 12. The summed E-state index contributed by atoms with van der Waals surface area (Å²) in [6, 6.07) is 31.3. The molecule has 1 aliphatic rings. The molecule has 1 heterocycles. The number of halogens is 1. The van der Waals surface area contributed by atoms with Gasteiger partial charge in [0.1, 0.15) is 34.1 Å². The number of nitrogens with zero attached hydrogens (tertiary/aromatic N) is 3. The van der Waals surface area contributed by atoms with E-state index in [4.69, 9.17) is 4.74 Å². The first-order valence-corrected chi connectivity index (χ1v) is 20.3. The Balaban J connectivity index is 0.000000537. The first-order chi connectivity index (χ1) is 29.8. The zero-order valence-corrected chi connectivity index (χ0v) is 36.9. The number of hydrogen-bond donors (Lipinski definition) is 2. The number of nitro benzene ring substituents is 2. The predicted molar refractivity (Wildman–Crippen MR) is 242 cm³/mol. The maximum Gasteiger partial charge on any atom is 0.293 e. The van der Waals surface area contributed by atoms with Crippen molar-refractivity contribution >= 4 is 41.4 Å². The first kappa shape index (κ1) is 48.6. The number of aryl methyl sites for hydroxylation is 1. The van der Waals surface area contributed by atoms with Crippen LogP contribution < -0.4 is 20.3 Å². The Kier molecular flexibility index (Phi) is 17.1. The van der Waals surface area contributed by atoms with Gasteiger partial charge in [0.15, 0.2) is 0 Å². The van der Waals surface area contributed by atoms with E-state index in [1.165, 1.54) is 12.1 Å². The van der Waals surface area contributed by atoms with Crippen LogP contribution >= 0.6 is 0 Å². The number of rotatable bonds is 14. The normalized spacial score (nSPS) is 14.5. The molecule has 2 N–H and O–H groups in total. The summed E-state index contributed by atoms with van der Waals surface area (Å²) >= 11 is 0. The Morgan fingerprint density at radius 1 is 0.667 bits per heavy atom. The number of benzene rings is 5. The van der Waals surface area contributed by atoms with Gasteiger partial charge in [-0.15, -0.1) is 0 Å². The van der Waals surface area contributed by atoms with Gasteiger partial charge in [-0.3, -0.25) is 29.8 Å². The van der Waals surface area contributed by atoms with Crippen molar-refractivity contribution in [3.05, 3.63) is 163 Å². The Morgan fingerprint density at radius 2 is 1.08 bits per heavy atom. The van der Waals surface area contributed by atoms with Crippen molar-refractivity contribution in [1.82, 2.24) is 0 Å². The van der Waals surface area contributed by atoms with Gasteiger partial charge in [-0.1, -0.05) is 54.1 Å². The van der Waals surface area contributed by atoms with Crippen LogP contribution in [0.5, 0.6) is 5.75 Å². The lowest BCUT2D eigenvalue weighted by molar-refractivity contribution is -0.384. The average Bonchev–Trinajstić information content (AvgIpc) is 3.68. The zero-order valence-electron chi connectivity index (χ0n) is 36.9. The fourth-order valence-electron chi connectivity index (χ4n) is 6.68. The molecule has 0 bridgehead atoms. The van der Waals surface area contributed by atoms with Crippen LogP contribution in [-0.4, -0.2) is 41.1 Å². The van der Waals surface area contributed by atoms with Gasteiger partial charge in [0, 0.05) is 30.9 Å². The maximum absolute atomic E-state index is 14.0. The number of ether oxygens (including phenoxy) is 3. The van der Waals surface area contributed by atoms with Crippen LogP contribution in [0.15, 0.2) is 109 Å². The smallest absolute Gasteiger partial charge is 0.293 e. The number of nitrogens with one attached hydrogen (secondary N) is 2. The third-order valence-corrected chi connectivity index (χ3v) is 9.77. The molecular formula is C48H56FN5O9. The van der Waals surface area contributed by atoms with Crippen LogP contribution in [-0.2, 0) is 32.2 Å². The highest BCUT2D eigenvalue weighted by Crippen LogP contribution is 2.48. The molecule has 0 amide bonds. The average molecular weight is 866 g/mol. The molecule has 0 saturated carbocycles. The van der Waals surface area contributed by atoms with Crippen LogP contribution in [0.2, 0.25) is 0 Å². The van der Waals surface area contributed by atoms with E-state index in [2.05, 4.69) is 25.0 Å². The summed E-state index contributed by atoms with van der Waals surface area (Å²) < 4.78 is 28.4. The van der Waals surface area contributed by atoms with E-state index in [0.717, 1.165) is 33.6 Å². The van der Waals surface area contributed by atoms with Crippen molar-refractivity contribution in [2.24, 2.45) is 0 Å². The van der Waals surface area contributed by atoms with Gasteiger partial charge in [0.25, 0.3) is 24.3 Å². The quantitative estimate of drug-likeness (QED) is 0.0615. The molecule has 0 aromatic heterocycles. The Labute approximate surface area is 367 Å². The highest BCUT2D eigenvalue weighted by atomic mass is 19.1. The van der Waals surface area contributed by atoms with Crippen molar-refractivity contribution in [1.29, 1.82) is 0 Å². The van der Waals surface area contributed by atoms with Crippen LogP contribution in [0.3, 0.4) is 0 Å². The van der Waals surface area contributed by atoms with E-state index < -0.39 is 15.7 Å². The summed E-state index contributed by atoms with van der Waals surface area (Å²) in [4.78, 5) is 45.0. The molecule has 1 saturated heterocycles. The second kappa shape index (κ2) is 22.2. The molecule has 14 nitrogen and oxygen atoms in total. The lowest BCUT2D eigenvalue weighted by atomic mass is 10.0. The van der Waals surface area contributed by atoms with E-state index in [1.54, 1.807) is 43.5 Å². The molecule has 334 valence electrons. The van der Waals surface area contributed by atoms with Gasteiger partial charge in [-0.25, -0.2) is 4.39 Å². The molecule has 2 unspecified atom stereocenters. The minimum absolute atomic E-state index is 0.0463. The minimum atomic E-state index is -0.403. The van der Waals surface area contributed by atoms with Crippen LogP contribution in [0.4, 0.5) is 32.8 Å². The monoisotopic (exact) mass is 865 g/mol. The van der Waals surface area contributed by atoms with Gasteiger partial charge in [0.2, 0.25) is 0 Å². The van der Waals surface area contributed by atoms with Crippen molar-refractivity contribution in [3.8, 4) is 5.75 Å². The van der Waals surface area contributed by atoms with Crippen LogP contribution in [0, 0.1) is 33.0 Å². The van der Waals surface area contributed by atoms with Gasteiger partial charge in [0.05, 0.1) is 29.0 Å². The molecule has 1 fully saturated rings. The van der Waals surface area contributed by atoms with Crippen molar-refractivity contribution in [2.45, 2.75) is 97.7 Å². The zero-order chi connectivity index (χ0) is 46.3. The van der Waals surface area contributed by atoms with Crippen molar-refractivity contribution in [2.75, 3.05) is 22.6 Å². The van der Waals surface area contributed by atoms with E-state index in [0.29, 0.717) is 55.9 Å². The first-order valence-electron chi connectivity index (χ1n) is 20.3. The summed E-state index contributed by atoms with van der Waals surface area (Å²) in [6.07, 6.45) is 1.25. The number of anilines is 3. The van der Waals surface area contributed by atoms with E-state index in [-0.39, 0.29) is 34.7 Å². The van der Waals surface area contributed by atoms with E-state index in [1.807, 2.05) is 109 Å². The van der Waals surface area contributed by atoms with Gasteiger partial charge in [-0.2, -0.15) is 0 Å². The fourth-order valence-corrected chi connectivity index (χ4v) is 6.68. The minimum Gasteiger partial charge on any atom is -0.497 e. The largest absolute Gasteiger partial charge is 0.497 e. The van der Waals surface area contributed by atoms with Crippen LogP contribution in [0.1, 0.15) is 94.3 Å². The Morgan fingerprint density at radius 3 is 1.43 bits per heavy atom. The molecule has 1 aliphatic heterocycles. The molecule has 15 heteroatoms. The second-order valence-corrected chi connectivity index (χ2v) is 16.8. The summed E-state index contributed by atoms with van der Waals surface area (Å²) in [5, 5.41) is 30.9.